The quantitative estimate of drug-likeness (QED) is 0.839. The summed E-state index contributed by atoms with van der Waals surface area (Å²) >= 11 is 0. The van der Waals surface area contributed by atoms with E-state index in [9.17, 15) is 12.8 Å². The van der Waals surface area contributed by atoms with E-state index in [0.717, 1.165) is 31.4 Å². The molecule has 1 aromatic rings. The van der Waals surface area contributed by atoms with Gasteiger partial charge in [-0.05, 0) is 36.5 Å². The van der Waals surface area contributed by atoms with Crippen LogP contribution in [0.25, 0.3) is 0 Å². The Balaban J connectivity index is 2.09. The highest BCUT2D eigenvalue weighted by Gasteiger charge is 2.24. The Hall–Kier alpha value is -1.14. The second-order valence-corrected chi connectivity index (χ2v) is 7.29. The number of rotatable bonds is 4. The number of nitrogen functional groups attached to an aromatic ring is 1. The van der Waals surface area contributed by atoms with Crippen molar-refractivity contribution in [1.82, 2.24) is 4.72 Å². The molecule has 112 valence electrons. The number of benzene rings is 1. The highest BCUT2D eigenvalue weighted by molar-refractivity contribution is 7.89. The van der Waals surface area contributed by atoms with Crippen LogP contribution in [-0.4, -0.2) is 15.0 Å². The fourth-order valence-corrected chi connectivity index (χ4v) is 3.97. The Kier molecular flexibility index (Phi) is 4.65. The third-order valence-corrected chi connectivity index (χ3v) is 5.57. The number of nitrogens with one attached hydrogen (secondary N) is 1. The zero-order valence-corrected chi connectivity index (χ0v) is 12.4. The molecule has 0 aliphatic heterocycles. The van der Waals surface area contributed by atoms with Crippen molar-refractivity contribution in [2.45, 2.75) is 37.5 Å². The molecule has 0 amide bonds. The number of anilines is 1. The van der Waals surface area contributed by atoms with E-state index in [1.165, 1.54) is 12.5 Å². The van der Waals surface area contributed by atoms with Crippen LogP contribution in [0.15, 0.2) is 23.1 Å². The van der Waals surface area contributed by atoms with Crippen LogP contribution in [-0.2, 0) is 10.0 Å². The molecular weight excluding hydrogens is 279 g/mol. The van der Waals surface area contributed by atoms with Gasteiger partial charge in [0.15, 0.2) is 0 Å². The minimum atomic E-state index is -3.75. The first kappa shape index (κ1) is 15.3. The maximum atomic E-state index is 13.2. The van der Waals surface area contributed by atoms with Gasteiger partial charge in [-0.15, -0.1) is 0 Å². The number of nitrogens with two attached hydrogens (primary N) is 1. The topological polar surface area (TPSA) is 72.2 Å². The Morgan fingerprint density at radius 3 is 2.75 bits per heavy atom. The predicted octanol–water partition coefficient (Wildman–Crippen LogP) is 2.51. The van der Waals surface area contributed by atoms with Crippen molar-refractivity contribution in [2.75, 3.05) is 12.3 Å². The molecule has 0 spiro atoms. The zero-order valence-electron chi connectivity index (χ0n) is 11.6. The Morgan fingerprint density at radius 2 is 2.05 bits per heavy atom. The van der Waals surface area contributed by atoms with Gasteiger partial charge in [-0.3, -0.25) is 0 Å². The maximum Gasteiger partial charge on any atom is 0.242 e. The Labute approximate surface area is 119 Å². The van der Waals surface area contributed by atoms with Crippen molar-refractivity contribution >= 4 is 15.7 Å². The fourth-order valence-electron chi connectivity index (χ4n) is 2.73. The molecule has 6 heteroatoms. The van der Waals surface area contributed by atoms with Crippen molar-refractivity contribution in [1.29, 1.82) is 0 Å². The Morgan fingerprint density at radius 1 is 1.35 bits per heavy atom. The van der Waals surface area contributed by atoms with E-state index in [1.54, 1.807) is 0 Å². The van der Waals surface area contributed by atoms with Gasteiger partial charge in [0.1, 0.15) is 10.7 Å². The van der Waals surface area contributed by atoms with Gasteiger partial charge in [-0.25, -0.2) is 17.5 Å². The lowest BCUT2D eigenvalue weighted by Crippen LogP contribution is -2.33. The summed E-state index contributed by atoms with van der Waals surface area (Å²) in [6.07, 6.45) is 4.51. The highest BCUT2D eigenvalue weighted by atomic mass is 32.2. The van der Waals surface area contributed by atoms with Crippen LogP contribution in [0.3, 0.4) is 0 Å². The molecule has 3 N–H and O–H groups in total. The summed E-state index contributed by atoms with van der Waals surface area (Å²) < 4.78 is 40.1. The molecule has 2 atom stereocenters. The van der Waals surface area contributed by atoms with Gasteiger partial charge in [0.05, 0.1) is 5.69 Å². The summed E-state index contributed by atoms with van der Waals surface area (Å²) in [5.74, 6) is 0.246. The summed E-state index contributed by atoms with van der Waals surface area (Å²) in [7, 11) is -3.75. The number of halogens is 1. The fraction of sp³-hybridized carbons (Fsp3) is 0.571. The molecule has 0 aromatic heterocycles. The normalized spacial score (nSPS) is 23.7. The van der Waals surface area contributed by atoms with E-state index in [2.05, 4.69) is 11.6 Å². The number of hydrogen-bond acceptors (Lipinski definition) is 3. The molecule has 1 aromatic carbocycles. The lowest BCUT2D eigenvalue weighted by molar-refractivity contribution is 0.257. The van der Waals surface area contributed by atoms with E-state index in [0.29, 0.717) is 18.4 Å². The van der Waals surface area contributed by atoms with Gasteiger partial charge in [0.25, 0.3) is 0 Å². The molecule has 1 aliphatic rings. The molecule has 2 rings (SSSR count). The van der Waals surface area contributed by atoms with E-state index >= 15 is 0 Å². The van der Waals surface area contributed by atoms with Crippen molar-refractivity contribution in [3.63, 3.8) is 0 Å². The van der Waals surface area contributed by atoms with Crippen LogP contribution in [0.1, 0.15) is 32.6 Å². The average molecular weight is 300 g/mol. The van der Waals surface area contributed by atoms with E-state index in [-0.39, 0.29) is 10.6 Å². The summed E-state index contributed by atoms with van der Waals surface area (Å²) in [5.41, 5.74) is 5.69. The first-order valence-electron chi connectivity index (χ1n) is 6.95. The van der Waals surface area contributed by atoms with E-state index < -0.39 is 15.8 Å². The predicted molar refractivity (Wildman–Crippen MR) is 77.1 cm³/mol. The van der Waals surface area contributed by atoms with Crippen molar-refractivity contribution in [3.8, 4) is 0 Å². The lowest BCUT2D eigenvalue weighted by Gasteiger charge is -2.28. The largest absolute Gasteiger partial charge is 0.398 e. The molecular formula is C14H21FN2O2S. The molecule has 1 fully saturated rings. The van der Waals surface area contributed by atoms with Gasteiger partial charge in [-0.1, -0.05) is 26.2 Å². The SMILES string of the molecule is CC1CCCCC1CNS(=O)(=O)c1cc(F)ccc1N. The number of sulfonamides is 1. The van der Waals surface area contributed by atoms with Crippen LogP contribution in [0, 0.1) is 17.7 Å². The first-order chi connectivity index (χ1) is 9.40. The molecule has 1 aliphatic carbocycles. The van der Waals surface area contributed by atoms with Gasteiger partial charge in [0, 0.05) is 6.54 Å². The summed E-state index contributed by atoms with van der Waals surface area (Å²) in [5, 5.41) is 0. The van der Waals surface area contributed by atoms with Crippen LogP contribution < -0.4 is 10.5 Å². The zero-order chi connectivity index (χ0) is 14.8. The van der Waals surface area contributed by atoms with E-state index in [4.69, 9.17) is 5.73 Å². The van der Waals surface area contributed by atoms with Gasteiger partial charge < -0.3 is 5.73 Å². The summed E-state index contributed by atoms with van der Waals surface area (Å²) in [6, 6.07) is 3.38. The second-order valence-electron chi connectivity index (χ2n) is 5.56. The third kappa shape index (κ3) is 3.49. The third-order valence-electron chi connectivity index (χ3n) is 4.09. The molecule has 1 saturated carbocycles. The minimum Gasteiger partial charge on any atom is -0.398 e. The smallest absolute Gasteiger partial charge is 0.242 e. The van der Waals surface area contributed by atoms with Crippen molar-refractivity contribution < 1.29 is 12.8 Å². The molecule has 0 heterocycles. The van der Waals surface area contributed by atoms with Crippen LogP contribution in [0.4, 0.5) is 10.1 Å². The van der Waals surface area contributed by atoms with Crippen LogP contribution in [0.5, 0.6) is 0 Å². The summed E-state index contributed by atoms with van der Waals surface area (Å²) in [6.45, 7) is 2.54. The maximum absolute atomic E-state index is 13.2. The lowest BCUT2D eigenvalue weighted by atomic mass is 9.81. The average Bonchev–Trinajstić information content (AvgIpc) is 2.40. The first-order valence-corrected chi connectivity index (χ1v) is 8.43. The van der Waals surface area contributed by atoms with Crippen molar-refractivity contribution in [3.05, 3.63) is 24.0 Å². The minimum absolute atomic E-state index is 0.0654. The number of hydrogen-bond donors (Lipinski definition) is 2. The van der Waals surface area contributed by atoms with Crippen molar-refractivity contribution in [2.24, 2.45) is 11.8 Å². The molecule has 20 heavy (non-hydrogen) atoms. The monoisotopic (exact) mass is 300 g/mol. The van der Waals surface area contributed by atoms with Gasteiger partial charge >= 0.3 is 0 Å². The second kappa shape index (κ2) is 6.10. The van der Waals surface area contributed by atoms with Crippen LogP contribution >= 0.6 is 0 Å². The van der Waals surface area contributed by atoms with E-state index in [1.807, 2.05) is 0 Å². The molecule has 4 nitrogen and oxygen atoms in total. The van der Waals surface area contributed by atoms with Gasteiger partial charge in [-0.2, -0.15) is 0 Å². The molecule has 0 bridgehead atoms. The van der Waals surface area contributed by atoms with Gasteiger partial charge in [0.2, 0.25) is 10.0 Å². The van der Waals surface area contributed by atoms with Crippen LogP contribution in [0.2, 0.25) is 0 Å². The molecule has 0 saturated heterocycles. The standard InChI is InChI=1S/C14H21FN2O2S/c1-10-4-2-3-5-11(10)9-17-20(18,19)14-8-12(15)6-7-13(14)16/h6-8,10-11,17H,2-5,9,16H2,1H3. The summed E-state index contributed by atoms with van der Waals surface area (Å²) in [4.78, 5) is -0.180. The highest BCUT2D eigenvalue weighted by Crippen LogP contribution is 2.29. The molecule has 2 unspecified atom stereocenters. The Bertz CT molecular complexity index is 575. The molecule has 0 radical (unpaired) electrons.